The van der Waals surface area contributed by atoms with Crippen molar-refractivity contribution in [2.45, 2.75) is 31.6 Å². The minimum absolute atomic E-state index is 0.201. The molecule has 11 nitrogen and oxygen atoms in total. The summed E-state index contributed by atoms with van der Waals surface area (Å²) in [6, 6.07) is 4.24. The molecule has 12 heteroatoms. The highest BCUT2D eigenvalue weighted by atomic mass is 19.1. The van der Waals surface area contributed by atoms with Gasteiger partial charge in [0.25, 0.3) is 0 Å². The number of cyclic esters (lactones) is 1. The van der Waals surface area contributed by atoms with E-state index in [-0.39, 0.29) is 31.6 Å². The van der Waals surface area contributed by atoms with Crippen LogP contribution in [0.1, 0.15) is 19.4 Å². The summed E-state index contributed by atoms with van der Waals surface area (Å²) in [7, 11) is 0. The van der Waals surface area contributed by atoms with Gasteiger partial charge in [0.2, 0.25) is 5.91 Å². The van der Waals surface area contributed by atoms with Crippen molar-refractivity contribution in [2.24, 2.45) is 0 Å². The molecule has 2 fully saturated rings. The maximum absolute atomic E-state index is 14.9. The number of hydrogen-bond acceptors (Lipinski definition) is 8. The van der Waals surface area contributed by atoms with Gasteiger partial charge in [0, 0.05) is 20.0 Å². The van der Waals surface area contributed by atoms with E-state index in [1.165, 1.54) is 28.9 Å². The Hall–Kier alpha value is -3.28. The van der Waals surface area contributed by atoms with E-state index in [1.54, 1.807) is 17.0 Å². The highest BCUT2D eigenvalue weighted by molar-refractivity contribution is 5.90. The highest BCUT2D eigenvalue weighted by Crippen LogP contribution is 2.31. The molecule has 0 radical (unpaired) electrons. The van der Waals surface area contributed by atoms with Crippen LogP contribution in [0, 0.1) is 5.82 Å². The number of tetrazole rings is 1. The number of β-amino-alcohol motifs (C(OH)–C–C–N with tert-alkyl or cyclic N) is 1. The summed E-state index contributed by atoms with van der Waals surface area (Å²) in [5, 5.41) is 24.1. The average Bonchev–Trinajstić information content (AvgIpc) is 3.36. The molecule has 2 N–H and O–H groups in total. The number of aliphatic hydroxyl groups is 1. The number of halogens is 1. The van der Waals surface area contributed by atoms with Crippen molar-refractivity contribution in [3.05, 3.63) is 30.3 Å². The summed E-state index contributed by atoms with van der Waals surface area (Å²) in [6.45, 7) is 2.54. The molecule has 4 rings (SSSR count). The first-order chi connectivity index (χ1) is 14.4. The van der Waals surface area contributed by atoms with E-state index in [1.807, 2.05) is 0 Å². The number of carbonyl (C=O) groups excluding carboxylic acids is 2. The van der Waals surface area contributed by atoms with E-state index < -0.39 is 24.1 Å². The number of carbonyl (C=O) groups is 2. The fraction of sp³-hybridized carbons (Fsp3) is 0.500. The van der Waals surface area contributed by atoms with Gasteiger partial charge in [0.1, 0.15) is 18.2 Å². The van der Waals surface area contributed by atoms with Gasteiger partial charge in [-0.2, -0.15) is 0 Å². The van der Waals surface area contributed by atoms with E-state index in [2.05, 4.69) is 20.8 Å². The molecule has 0 aliphatic carbocycles. The number of aliphatic hydroxyl groups excluding tert-OH is 1. The van der Waals surface area contributed by atoms with E-state index in [9.17, 15) is 19.1 Å². The molecule has 2 aliphatic heterocycles. The summed E-state index contributed by atoms with van der Waals surface area (Å²) < 4.78 is 21.6. The molecule has 3 atom stereocenters. The van der Waals surface area contributed by atoms with Crippen LogP contribution in [-0.2, 0) is 9.53 Å². The Morgan fingerprint density at radius 3 is 2.90 bits per heavy atom. The number of amides is 2. The zero-order chi connectivity index (χ0) is 21.3. The van der Waals surface area contributed by atoms with Crippen LogP contribution in [-0.4, -0.2) is 75.7 Å². The quantitative estimate of drug-likeness (QED) is 0.698. The molecular weight excluding hydrogens is 397 g/mol. The van der Waals surface area contributed by atoms with E-state index >= 15 is 0 Å². The summed E-state index contributed by atoms with van der Waals surface area (Å²) >= 11 is 0. The van der Waals surface area contributed by atoms with Gasteiger partial charge in [-0.25, -0.2) is 13.9 Å². The van der Waals surface area contributed by atoms with Crippen LogP contribution >= 0.6 is 0 Å². The van der Waals surface area contributed by atoms with Crippen LogP contribution < -0.4 is 15.1 Å². The summed E-state index contributed by atoms with van der Waals surface area (Å²) in [5.41, 5.74) is 0.714. The molecule has 2 amide bonds. The second-order valence-electron chi connectivity index (χ2n) is 7.35. The Kier molecular flexibility index (Phi) is 5.48. The number of nitrogens with one attached hydrogen (secondary N) is 1. The SMILES string of the molecule is CC(=O)NCC1CN(c2ccc(N3CCC(n4cnnn4)C(O)C3)c(F)c2)C(=O)O1. The standard InChI is InChI=1S/C18H22FN7O4/c1-11(27)20-7-13-8-25(18(29)30-13)12-2-3-15(14(19)6-12)24-5-4-16(17(28)9-24)26-10-21-22-23-26/h2-3,6,10,13,16-17,28H,4-5,7-9H2,1H3,(H,20,27). The highest BCUT2D eigenvalue weighted by Gasteiger charge is 2.34. The largest absolute Gasteiger partial charge is 0.442 e. The Balaban J connectivity index is 1.42. The minimum Gasteiger partial charge on any atom is -0.442 e. The minimum atomic E-state index is -0.760. The van der Waals surface area contributed by atoms with E-state index in [4.69, 9.17) is 4.74 Å². The first kappa shape index (κ1) is 20.0. The predicted molar refractivity (Wildman–Crippen MR) is 102 cm³/mol. The molecule has 30 heavy (non-hydrogen) atoms. The fourth-order valence-electron chi connectivity index (χ4n) is 3.78. The van der Waals surface area contributed by atoms with Crippen molar-refractivity contribution < 1.29 is 23.8 Å². The fourth-order valence-corrected chi connectivity index (χ4v) is 3.78. The smallest absolute Gasteiger partial charge is 0.414 e. The summed E-state index contributed by atoms with van der Waals surface area (Å²) in [4.78, 5) is 26.2. The molecular formula is C18H22FN7O4. The van der Waals surface area contributed by atoms with Gasteiger partial charge in [0.15, 0.2) is 0 Å². The van der Waals surface area contributed by atoms with E-state index in [0.29, 0.717) is 24.3 Å². The molecule has 3 heterocycles. The number of rotatable bonds is 5. The lowest BCUT2D eigenvalue weighted by Crippen LogP contribution is -2.45. The first-order valence-corrected chi connectivity index (χ1v) is 9.60. The Morgan fingerprint density at radius 1 is 1.40 bits per heavy atom. The van der Waals surface area contributed by atoms with Crippen molar-refractivity contribution in [3.8, 4) is 0 Å². The normalized spacial score (nSPS) is 24.1. The van der Waals surface area contributed by atoms with Gasteiger partial charge in [-0.1, -0.05) is 0 Å². The molecule has 0 spiro atoms. The molecule has 2 saturated heterocycles. The zero-order valence-electron chi connectivity index (χ0n) is 16.3. The van der Waals surface area contributed by atoms with Crippen molar-refractivity contribution in [2.75, 3.05) is 36.0 Å². The van der Waals surface area contributed by atoms with Gasteiger partial charge in [-0.3, -0.25) is 9.69 Å². The number of piperidine rings is 1. The van der Waals surface area contributed by atoms with Crippen LogP contribution in [0.25, 0.3) is 0 Å². The number of hydrogen-bond donors (Lipinski definition) is 2. The number of anilines is 2. The van der Waals surface area contributed by atoms with Gasteiger partial charge < -0.3 is 20.1 Å². The number of nitrogens with zero attached hydrogens (tertiary/aromatic N) is 6. The van der Waals surface area contributed by atoms with Crippen molar-refractivity contribution >= 4 is 23.4 Å². The number of benzene rings is 1. The van der Waals surface area contributed by atoms with Crippen LogP contribution in [0.3, 0.4) is 0 Å². The zero-order valence-corrected chi connectivity index (χ0v) is 16.3. The lowest BCUT2D eigenvalue weighted by atomic mass is 10.0. The van der Waals surface area contributed by atoms with Gasteiger partial charge in [-0.05, 0) is 35.0 Å². The second-order valence-corrected chi connectivity index (χ2v) is 7.35. The topological polar surface area (TPSA) is 126 Å². The lowest BCUT2D eigenvalue weighted by Gasteiger charge is -2.37. The van der Waals surface area contributed by atoms with E-state index in [0.717, 1.165) is 0 Å². The third-order valence-corrected chi connectivity index (χ3v) is 5.29. The van der Waals surface area contributed by atoms with Crippen LogP contribution in [0.15, 0.2) is 24.5 Å². The van der Waals surface area contributed by atoms with Crippen LogP contribution in [0.2, 0.25) is 0 Å². The molecule has 0 bridgehead atoms. The summed E-state index contributed by atoms with van der Waals surface area (Å²) in [5.74, 6) is -0.718. The van der Waals surface area contributed by atoms with Gasteiger partial charge in [-0.15, -0.1) is 5.10 Å². The Morgan fingerprint density at radius 2 is 2.23 bits per heavy atom. The molecule has 1 aromatic carbocycles. The Labute approximate surface area is 171 Å². The first-order valence-electron chi connectivity index (χ1n) is 9.60. The summed E-state index contributed by atoms with van der Waals surface area (Å²) in [6.07, 6.45) is 0.161. The molecule has 2 aliphatic rings. The number of ether oxygens (including phenoxy) is 1. The van der Waals surface area contributed by atoms with Crippen molar-refractivity contribution in [1.29, 1.82) is 0 Å². The third-order valence-electron chi connectivity index (χ3n) is 5.29. The van der Waals surface area contributed by atoms with Crippen LogP contribution in [0.4, 0.5) is 20.6 Å². The van der Waals surface area contributed by atoms with Crippen LogP contribution in [0.5, 0.6) is 0 Å². The molecule has 1 aromatic heterocycles. The monoisotopic (exact) mass is 419 g/mol. The molecule has 160 valence electrons. The average molecular weight is 419 g/mol. The van der Waals surface area contributed by atoms with Gasteiger partial charge >= 0.3 is 6.09 Å². The third kappa shape index (κ3) is 4.03. The molecule has 2 aromatic rings. The van der Waals surface area contributed by atoms with Gasteiger partial charge in [0.05, 0.1) is 36.6 Å². The van der Waals surface area contributed by atoms with Crippen molar-refractivity contribution in [1.82, 2.24) is 25.5 Å². The molecule has 3 unspecified atom stereocenters. The maximum Gasteiger partial charge on any atom is 0.414 e. The predicted octanol–water partition coefficient (Wildman–Crippen LogP) is 0.0858. The maximum atomic E-state index is 14.9. The number of aromatic nitrogens is 4. The lowest BCUT2D eigenvalue weighted by molar-refractivity contribution is -0.119. The Bertz CT molecular complexity index is 925. The molecule has 0 saturated carbocycles. The second kappa shape index (κ2) is 8.22. The van der Waals surface area contributed by atoms with Crippen molar-refractivity contribution in [3.63, 3.8) is 0 Å².